The number of pyridine rings is 1. The number of halogens is 4. The lowest BCUT2D eigenvalue weighted by atomic mass is 10.0. The number of morpholine rings is 1. The smallest absolute Gasteiger partial charge is 0.361 e. The number of rotatable bonds is 3. The molecule has 8 nitrogen and oxygen atoms in total. The van der Waals surface area contributed by atoms with Crippen molar-refractivity contribution in [1.82, 2.24) is 25.0 Å². The van der Waals surface area contributed by atoms with Gasteiger partial charge in [-0.3, -0.25) is 19.8 Å². The van der Waals surface area contributed by atoms with E-state index in [0.717, 1.165) is 18.3 Å². The molecule has 0 aliphatic carbocycles. The summed E-state index contributed by atoms with van der Waals surface area (Å²) in [5.41, 5.74) is 0.274. The predicted octanol–water partition coefficient (Wildman–Crippen LogP) is 2.63. The van der Waals surface area contributed by atoms with Gasteiger partial charge in [0.1, 0.15) is 5.69 Å². The Morgan fingerprint density at radius 1 is 1.20 bits per heavy atom. The second-order valence-corrected chi connectivity index (χ2v) is 8.58. The van der Waals surface area contributed by atoms with Crippen molar-refractivity contribution in [2.45, 2.75) is 18.0 Å². The molecule has 0 saturated carbocycles. The first-order valence-electron chi connectivity index (χ1n) is 10.9. The van der Waals surface area contributed by atoms with Crippen molar-refractivity contribution in [1.29, 1.82) is 0 Å². The van der Waals surface area contributed by atoms with Crippen LogP contribution in [0.3, 0.4) is 0 Å². The van der Waals surface area contributed by atoms with Crippen LogP contribution in [-0.2, 0) is 16.7 Å². The van der Waals surface area contributed by atoms with Gasteiger partial charge in [0.25, 0.3) is 5.91 Å². The summed E-state index contributed by atoms with van der Waals surface area (Å²) in [5.74, 6) is -2.61. The molecule has 12 heteroatoms. The molecule has 1 aromatic carbocycles. The van der Waals surface area contributed by atoms with Gasteiger partial charge in [0.05, 0.1) is 31.0 Å². The number of hydrogen-bond acceptors (Lipinski definition) is 6. The number of fused-ring (bicyclic) bond motifs is 1. The van der Waals surface area contributed by atoms with E-state index in [1.807, 2.05) is 4.90 Å². The van der Waals surface area contributed by atoms with Crippen LogP contribution in [-0.4, -0.2) is 74.8 Å². The minimum Gasteiger partial charge on any atom is -0.361 e. The number of carbonyl (C=O) groups is 1. The Hall–Kier alpha value is -3.35. The third-order valence-electron chi connectivity index (χ3n) is 6.34. The van der Waals surface area contributed by atoms with Crippen molar-refractivity contribution < 1.29 is 32.2 Å². The van der Waals surface area contributed by atoms with E-state index in [1.54, 1.807) is 29.2 Å². The van der Waals surface area contributed by atoms with Gasteiger partial charge in [0.2, 0.25) is 11.7 Å². The Morgan fingerprint density at radius 2 is 2.03 bits per heavy atom. The summed E-state index contributed by atoms with van der Waals surface area (Å²) in [6, 6.07) is 8.39. The van der Waals surface area contributed by atoms with Crippen LogP contribution in [0.2, 0.25) is 0 Å². The molecule has 0 bridgehead atoms. The number of ether oxygens (including phenoxy) is 1. The Kier molecular flexibility index (Phi) is 5.82. The summed E-state index contributed by atoms with van der Waals surface area (Å²) < 4.78 is 57.9. The molecule has 2 aromatic heterocycles. The standard InChI is InChI=1S/C23H21F4N5O3/c24-20-18(10-29-30-20)14-2-1-3-15(8-14)21(33)31-6-7-32-13-22(34,35-12-17(32)11-31)16-4-5-19(28-9-16)23(25,26)27/h1-5,8-10,17,34H,6-7,11-13H2,(H,29,30)/t17-,22-/m0/s1. The quantitative estimate of drug-likeness (QED) is 0.548. The largest absolute Gasteiger partial charge is 0.433 e. The van der Waals surface area contributed by atoms with Crippen LogP contribution in [0, 0.1) is 5.95 Å². The third-order valence-corrected chi connectivity index (χ3v) is 6.34. The van der Waals surface area contributed by atoms with Crippen molar-refractivity contribution in [2.24, 2.45) is 0 Å². The molecule has 2 N–H and O–H groups in total. The van der Waals surface area contributed by atoms with E-state index in [4.69, 9.17) is 4.74 Å². The van der Waals surface area contributed by atoms with Crippen LogP contribution in [0.25, 0.3) is 11.1 Å². The minimum absolute atomic E-state index is 0.0298. The average Bonchev–Trinajstić information content (AvgIpc) is 3.29. The number of nitrogens with one attached hydrogen (secondary N) is 1. The fourth-order valence-electron chi connectivity index (χ4n) is 4.44. The lowest BCUT2D eigenvalue weighted by Crippen LogP contribution is -2.63. The summed E-state index contributed by atoms with van der Waals surface area (Å²) in [6.07, 6.45) is -2.25. The number of hydrogen-bond donors (Lipinski definition) is 2. The molecule has 0 spiro atoms. The van der Waals surface area contributed by atoms with E-state index < -0.39 is 23.6 Å². The van der Waals surface area contributed by atoms with Crippen molar-refractivity contribution in [3.8, 4) is 11.1 Å². The fraction of sp³-hybridized carbons (Fsp3) is 0.348. The van der Waals surface area contributed by atoms with E-state index in [9.17, 15) is 27.5 Å². The molecular weight excluding hydrogens is 470 g/mol. The van der Waals surface area contributed by atoms with Crippen LogP contribution in [0.5, 0.6) is 0 Å². The second kappa shape index (κ2) is 8.70. The molecule has 1 amide bonds. The van der Waals surface area contributed by atoms with Gasteiger partial charge in [-0.25, -0.2) is 0 Å². The first-order chi connectivity index (χ1) is 16.6. The summed E-state index contributed by atoms with van der Waals surface area (Å²) in [5, 5.41) is 16.9. The first kappa shape index (κ1) is 23.4. The van der Waals surface area contributed by atoms with Crippen LogP contribution >= 0.6 is 0 Å². The molecule has 3 aromatic rings. The van der Waals surface area contributed by atoms with E-state index >= 15 is 0 Å². The fourth-order valence-corrected chi connectivity index (χ4v) is 4.44. The Labute approximate surface area is 197 Å². The molecule has 2 saturated heterocycles. The molecule has 0 unspecified atom stereocenters. The number of amides is 1. The van der Waals surface area contributed by atoms with Gasteiger partial charge in [-0.1, -0.05) is 12.1 Å². The second-order valence-electron chi connectivity index (χ2n) is 8.58. The van der Waals surface area contributed by atoms with Crippen molar-refractivity contribution in [3.63, 3.8) is 0 Å². The van der Waals surface area contributed by atoms with Gasteiger partial charge >= 0.3 is 6.18 Å². The van der Waals surface area contributed by atoms with Crippen LogP contribution in [0.15, 0.2) is 48.8 Å². The zero-order valence-electron chi connectivity index (χ0n) is 18.3. The van der Waals surface area contributed by atoms with Crippen LogP contribution in [0.4, 0.5) is 17.6 Å². The van der Waals surface area contributed by atoms with Crippen molar-refractivity contribution in [3.05, 3.63) is 71.6 Å². The van der Waals surface area contributed by atoms with Crippen molar-refractivity contribution in [2.75, 3.05) is 32.8 Å². The summed E-state index contributed by atoms with van der Waals surface area (Å²) >= 11 is 0. The van der Waals surface area contributed by atoms with Gasteiger partial charge in [-0.05, 0) is 29.8 Å². The summed E-state index contributed by atoms with van der Waals surface area (Å²) in [4.78, 5) is 20.2. The first-order valence-corrected chi connectivity index (χ1v) is 10.9. The number of carbonyl (C=O) groups excluding carboxylic acids is 1. The van der Waals surface area contributed by atoms with E-state index in [1.165, 1.54) is 6.20 Å². The van der Waals surface area contributed by atoms with Crippen LogP contribution in [0.1, 0.15) is 21.6 Å². The number of aromatic amines is 1. The molecule has 5 rings (SSSR count). The third kappa shape index (κ3) is 4.51. The van der Waals surface area contributed by atoms with Crippen molar-refractivity contribution >= 4 is 5.91 Å². The lowest BCUT2D eigenvalue weighted by molar-refractivity contribution is -0.265. The van der Waals surface area contributed by atoms with E-state index in [-0.39, 0.29) is 36.2 Å². The average molecular weight is 491 g/mol. The maximum atomic E-state index is 13.9. The molecule has 4 heterocycles. The highest BCUT2D eigenvalue weighted by Gasteiger charge is 2.44. The summed E-state index contributed by atoms with van der Waals surface area (Å²) in [6.45, 7) is 1.25. The monoisotopic (exact) mass is 491 g/mol. The molecular formula is C23H21F4N5O3. The highest BCUT2D eigenvalue weighted by molar-refractivity contribution is 5.95. The zero-order chi connectivity index (χ0) is 24.8. The number of H-pyrrole nitrogens is 1. The normalized spacial score (nSPS) is 23.2. The molecule has 2 aliphatic rings. The number of aliphatic hydroxyl groups is 1. The number of aromatic nitrogens is 3. The molecule has 2 fully saturated rings. The number of benzene rings is 1. The van der Waals surface area contributed by atoms with Gasteiger partial charge in [-0.2, -0.15) is 22.7 Å². The molecule has 184 valence electrons. The molecule has 0 radical (unpaired) electrons. The highest BCUT2D eigenvalue weighted by Crippen LogP contribution is 2.33. The van der Waals surface area contributed by atoms with Gasteiger partial charge in [-0.15, -0.1) is 0 Å². The Balaban J connectivity index is 1.26. The lowest BCUT2D eigenvalue weighted by Gasteiger charge is -2.48. The van der Waals surface area contributed by atoms with Gasteiger partial charge < -0.3 is 14.7 Å². The Morgan fingerprint density at radius 3 is 2.71 bits per heavy atom. The summed E-state index contributed by atoms with van der Waals surface area (Å²) in [7, 11) is 0. The zero-order valence-corrected chi connectivity index (χ0v) is 18.3. The highest BCUT2D eigenvalue weighted by atomic mass is 19.4. The van der Waals surface area contributed by atoms with E-state index in [0.29, 0.717) is 30.8 Å². The number of piperazine rings is 1. The van der Waals surface area contributed by atoms with Gasteiger partial charge in [0.15, 0.2) is 0 Å². The SMILES string of the molecule is O=C(c1cccc(-c2cn[nH]c2F)c1)N1CCN2C[C@@](O)(c3ccc(C(F)(F)F)nc3)OC[C@@H]2C1. The van der Waals surface area contributed by atoms with Gasteiger partial charge in [0, 0.05) is 37.0 Å². The number of nitrogens with zero attached hydrogens (tertiary/aromatic N) is 4. The molecule has 35 heavy (non-hydrogen) atoms. The molecule has 2 atom stereocenters. The topological polar surface area (TPSA) is 94.6 Å². The Bertz CT molecular complexity index is 1230. The maximum absolute atomic E-state index is 13.9. The minimum atomic E-state index is -4.57. The predicted molar refractivity (Wildman–Crippen MR) is 114 cm³/mol. The number of alkyl halides is 3. The molecule has 2 aliphatic heterocycles. The van der Waals surface area contributed by atoms with E-state index in [2.05, 4.69) is 15.2 Å². The van der Waals surface area contributed by atoms with Crippen LogP contribution < -0.4 is 0 Å². The maximum Gasteiger partial charge on any atom is 0.433 e.